The molecule has 0 radical (unpaired) electrons. The van der Waals surface area contributed by atoms with Crippen molar-refractivity contribution in [2.24, 2.45) is 11.3 Å². The molecule has 2 rings (SSSR count). The highest BCUT2D eigenvalue weighted by molar-refractivity contribution is 5.86. The first-order valence-corrected chi connectivity index (χ1v) is 5.22. The molecule has 1 saturated carbocycles. The van der Waals surface area contributed by atoms with Gasteiger partial charge in [-0.2, -0.15) is 0 Å². The SMILES string of the molecule is CC1(C)CC1C(=O)Cc1ccnc(N)c1. The normalized spacial score (nSPS) is 22.4. The molecule has 0 aromatic carbocycles. The molecule has 0 bridgehead atoms. The van der Waals surface area contributed by atoms with Gasteiger partial charge in [0.15, 0.2) is 0 Å². The maximum Gasteiger partial charge on any atom is 0.140 e. The quantitative estimate of drug-likeness (QED) is 0.817. The topological polar surface area (TPSA) is 56.0 Å². The number of rotatable bonds is 3. The molecule has 0 saturated heterocycles. The van der Waals surface area contributed by atoms with Crippen LogP contribution in [0.15, 0.2) is 18.3 Å². The molecule has 1 fully saturated rings. The number of carbonyl (C=O) groups is 1. The number of nitrogens with two attached hydrogens (primary N) is 1. The zero-order chi connectivity index (χ0) is 11.1. The number of nitrogens with zero attached hydrogens (tertiary/aromatic N) is 1. The number of Topliss-reactive ketones (excluding diaryl/α,β-unsaturated/α-hetero) is 1. The number of aromatic nitrogens is 1. The smallest absolute Gasteiger partial charge is 0.140 e. The fraction of sp³-hybridized carbons (Fsp3) is 0.500. The van der Waals surface area contributed by atoms with Gasteiger partial charge in [-0.3, -0.25) is 4.79 Å². The Labute approximate surface area is 89.7 Å². The highest BCUT2D eigenvalue weighted by Gasteiger charge is 2.49. The van der Waals surface area contributed by atoms with Crippen LogP contribution in [0.1, 0.15) is 25.8 Å². The molecule has 1 unspecified atom stereocenters. The van der Waals surface area contributed by atoms with Crippen molar-refractivity contribution in [2.75, 3.05) is 5.73 Å². The highest BCUT2D eigenvalue weighted by Crippen LogP contribution is 2.52. The van der Waals surface area contributed by atoms with Crippen molar-refractivity contribution >= 4 is 11.6 Å². The molecule has 1 aromatic heterocycles. The third-order valence-corrected chi connectivity index (χ3v) is 3.13. The minimum absolute atomic E-state index is 0.218. The van der Waals surface area contributed by atoms with Crippen molar-refractivity contribution in [3.8, 4) is 0 Å². The first-order valence-electron chi connectivity index (χ1n) is 5.22. The molecule has 2 N–H and O–H groups in total. The second-order valence-corrected chi connectivity index (χ2v) is 4.98. The number of nitrogen functional groups attached to an aromatic ring is 1. The molecule has 1 heterocycles. The maximum absolute atomic E-state index is 11.8. The molecule has 0 spiro atoms. The number of anilines is 1. The highest BCUT2D eigenvalue weighted by atomic mass is 16.1. The van der Waals surface area contributed by atoms with Gasteiger partial charge in [-0.25, -0.2) is 4.98 Å². The fourth-order valence-electron chi connectivity index (χ4n) is 1.95. The van der Waals surface area contributed by atoms with E-state index in [1.54, 1.807) is 12.3 Å². The first kappa shape index (κ1) is 10.1. The van der Waals surface area contributed by atoms with Crippen LogP contribution in [0.4, 0.5) is 5.82 Å². The van der Waals surface area contributed by atoms with Crippen molar-refractivity contribution in [3.05, 3.63) is 23.9 Å². The third kappa shape index (κ3) is 2.17. The van der Waals surface area contributed by atoms with E-state index in [-0.39, 0.29) is 11.3 Å². The van der Waals surface area contributed by atoms with Gasteiger partial charge in [0.25, 0.3) is 0 Å². The largest absolute Gasteiger partial charge is 0.384 e. The van der Waals surface area contributed by atoms with Crippen molar-refractivity contribution in [3.63, 3.8) is 0 Å². The summed E-state index contributed by atoms with van der Waals surface area (Å²) in [6.45, 7) is 4.27. The lowest BCUT2D eigenvalue weighted by molar-refractivity contribution is -0.120. The van der Waals surface area contributed by atoms with Gasteiger partial charge in [-0.1, -0.05) is 13.8 Å². The van der Waals surface area contributed by atoms with Gasteiger partial charge in [0.2, 0.25) is 0 Å². The van der Waals surface area contributed by atoms with Crippen LogP contribution in [0.5, 0.6) is 0 Å². The van der Waals surface area contributed by atoms with Gasteiger partial charge < -0.3 is 5.73 Å². The Morgan fingerprint density at radius 2 is 2.33 bits per heavy atom. The lowest BCUT2D eigenvalue weighted by atomic mass is 10.0. The van der Waals surface area contributed by atoms with Gasteiger partial charge in [-0.15, -0.1) is 0 Å². The van der Waals surface area contributed by atoms with Gasteiger partial charge in [0.1, 0.15) is 11.6 Å². The summed E-state index contributed by atoms with van der Waals surface area (Å²) in [5.74, 6) is 1.05. The summed E-state index contributed by atoms with van der Waals surface area (Å²) in [5, 5.41) is 0. The van der Waals surface area contributed by atoms with Crippen LogP contribution in [0.25, 0.3) is 0 Å². The van der Waals surface area contributed by atoms with E-state index < -0.39 is 0 Å². The summed E-state index contributed by atoms with van der Waals surface area (Å²) in [7, 11) is 0. The monoisotopic (exact) mass is 204 g/mol. The van der Waals surface area contributed by atoms with Crippen molar-refractivity contribution in [1.29, 1.82) is 0 Å². The second-order valence-electron chi connectivity index (χ2n) is 4.98. The van der Waals surface area contributed by atoms with E-state index in [0.29, 0.717) is 18.0 Å². The van der Waals surface area contributed by atoms with Crippen LogP contribution in [0.3, 0.4) is 0 Å². The summed E-state index contributed by atoms with van der Waals surface area (Å²) in [4.78, 5) is 15.7. The molecule has 3 heteroatoms. The van der Waals surface area contributed by atoms with Crippen LogP contribution in [0.2, 0.25) is 0 Å². The van der Waals surface area contributed by atoms with E-state index in [9.17, 15) is 4.79 Å². The van der Waals surface area contributed by atoms with Crippen LogP contribution >= 0.6 is 0 Å². The molecule has 0 amide bonds. The molecule has 1 aliphatic rings. The van der Waals surface area contributed by atoms with E-state index in [1.807, 2.05) is 6.07 Å². The Hall–Kier alpha value is -1.38. The molecule has 0 aliphatic heterocycles. The molecule has 1 atom stereocenters. The van der Waals surface area contributed by atoms with E-state index in [1.165, 1.54) is 0 Å². The molecule has 80 valence electrons. The van der Waals surface area contributed by atoms with Crippen molar-refractivity contribution in [2.45, 2.75) is 26.7 Å². The zero-order valence-corrected chi connectivity index (χ0v) is 9.16. The summed E-state index contributed by atoms with van der Waals surface area (Å²) in [6, 6.07) is 3.62. The Kier molecular flexibility index (Phi) is 2.25. The Morgan fingerprint density at radius 3 is 2.87 bits per heavy atom. The fourth-order valence-corrected chi connectivity index (χ4v) is 1.95. The predicted molar refractivity (Wildman–Crippen MR) is 59.2 cm³/mol. The summed E-state index contributed by atoms with van der Waals surface area (Å²) < 4.78 is 0. The van der Waals surface area contributed by atoms with Crippen LogP contribution < -0.4 is 5.73 Å². The van der Waals surface area contributed by atoms with Crippen molar-refractivity contribution < 1.29 is 4.79 Å². The average molecular weight is 204 g/mol. The van der Waals surface area contributed by atoms with Crippen LogP contribution in [0, 0.1) is 11.3 Å². The van der Waals surface area contributed by atoms with Gasteiger partial charge >= 0.3 is 0 Å². The lowest BCUT2D eigenvalue weighted by Gasteiger charge is -2.03. The van der Waals surface area contributed by atoms with Gasteiger partial charge in [0.05, 0.1) is 0 Å². The van der Waals surface area contributed by atoms with Gasteiger partial charge in [0, 0.05) is 18.5 Å². The minimum Gasteiger partial charge on any atom is -0.384 e. The van der Waals surface area contributed by atoms with Crippen LogP contribution in [-0.4, -0.2) is 10.8 Å². The first-order chi connectivity index (χ1) is 6.99. The Morgan fingerprint density at radius 1 is 1.67 bits per heavy atom. The van der Waals surface area contributed by atoms with E-state index in [2.05, 4.69) is 18.8 Å². The number of ketones is 1. The van der Waals surface area contributed by atoms with Gasteiger partial charge in [-0.05, 0) is 29.5 Å². The summed E-state index contributed by atoms with van der Waals surface area (Å²) in [6.07, 6.45) is 3.16. The molecular formula is C12H16N2O. The summed E-state index contributed by atoms with van der Waals surface area (Å²) >= 11 is 0. The molecular weight excluding hydrogens is 188 g/mol. The number of carbonyl (C=O) groups excluding carboxylic acids is 1. The molecule has 15 heavy (non-hydrogen) atoms. The predicted octanol–water partition coefficient (Wildman–Crippen LogP) is 1.82. The number of hydrogen-bond acceptors (Lipinski definition) is 3. The Balaban J connectivity index is 2.01. The van der Waals surface area contributed by atoms with Crippen LogP contribution in [-0.2, 0) is 11.2 Å². The Bertz CT molecular complexity index is 398. The second kappa shape index (κ2) is 3.33. The third-order valence-electron chi connectivity index (χ3n) is 3.13. The summed E-state index contributed by atoms with van der Waals surface area (Å²) in [5.41, 5.74) is 6.74. The minimum atomic E-state index is 0.218. The zero-order valence-electron chi connectivity index (χ0n) is 9.16. The van der Waals surface area contributed by atoms with Crippen molar-refractivity contribution in [1.82, 2.24) is 4.98 Å². The molecule has 3 nitrogen and oxygen atoms in total. The average Bonchev–Trinajstić information content (AvgIpc) is 2.75. The maximum atomic E-state index is 11.8. The standard InChI is InChI=1S/C12H16N2O/c1-12(2)7-9(12)10(15)5-8-3-4-14-11(13)6-8/h3-4,6,9H,5,7H2,1-2H3,(H2,13,14). The number of pyridine rings is 1. The van der Waals surface area contributed by atoms with E-state index in [4.69, 9.17) is 5.73 Å². The number of hydrogen-bond donors (Lipinski definition) is 1. The molecule has 1 aromatic rings. The molecule has 1 aliphatic carbocycles. The van der Waals surface area contributed by atoms with E-state index >= 15 is 0 Å². The lowest BCUT2D eigenvalue weighted by Crippen LogP contribution is -2.09. The van der Waals surface area contributed by atoms with E-state index in [0.717, 1.165) is 12.0 Å².